The highest BCUT2D eigenvalue weighted by atomic mass is 16.6. The third-order valence-electron chi connectivity index (χ3n) is 4.00. The third kappa shape index (κ3) is 4.24. The number of esters is 1. The van der Waals surface area contributed by atoms with Gasteiger partial charge < -0.3 is 4.74 Å². The Morgan fingerprint density at radius 2 is 1.26 bits per heavy atom. The van der Waals surface area contributed by atoms with Crippen molar-refractivity contribution in [2.45, 2.75) is 6.92 Å². The van der Waals surface area contributed by atoms with Gasteiger partial charge in [-0.1, -0.05) is 36.4 Å². The van der Waals surface area contributed by atoms with Crippen LogP contribution in [0.2, 0.25) is 0 Å². The predicted molar refractivity (Wildman–Crippen MR) is 99.9 cm³/mol. The van der Waals surface area contributed by atoms with Gasteiger partial charge in [-0.25, -0.2) is 4.79 Å². The lowest BCUT2D eigenvalue weighted by Gasteiger charge is -2.07. The van der Waals surface area contributed by atoms with Crippen molar-refractivity contribution < 1.29 is 19.2 Å². The Morgan fingerprint density at radius 1 is 0.778 bits per heavy atom. The number of rotatable bonds is 5. The first-order valence-corrected chi connectivity index (χ1v) is 8.12. The van der Waals surface area contributed by atoms with Crippen LogP contribution in [0.3, 0.4) is 0 Å². The average Bonchev–Trinajstić information content (AvgIpc) is 2.68. The summed E-state index contributed by atoms with van der Waals surface area (Å²) in [6.07, 6.45) is 0. The zero-order chi connectivity index (χ0) is 19.4. The van der Waals surface area contributed by atoms with Crippen molar-refractivity contribution in [3.05, 3.63) is 94.0 Å². The molecular formula is C21H15NO5. The summed E-state index contributed by atoms with van der Waals surface area (Å²) in [6.45, 7) is 1.52. The van der Waals surface area contributed by atoms with Crippen molar-refractivity contribution in [1.82, 2.24) is 0 Å². The van der Waals surface area contributed by atoms with E-state index >= 15 is 0 Å². The van der Waals surface area contributed by atoms with Gasteiger partial charge in [0.1, 0.15) is 5.75 Å². The zero-order valence-electron chi connectivity index (χ0n) is 14.4. The van der Waals surface area contributed by atoms with Gasteiger partial charge in [-0.05, 0) is 42.3 Å². The minimum Gasteiger partial charge on any atom is -0.423 e. The number of non-ortho nitro benzene ring substituents is 1. The number of hydrogen-bond donors (Lipinski definition) is 0. The van der Waals surface area contributed by atoms with Crippen LogP contribution in [0.25, 0.3) is 11.1 Å². The molecule has 0 saturated carbocycles. The van der Waals surface area contributed by atoms with Gasteiger partial charge in [-0.15, -0.1) is 0 Å². The van der Waals surface area contributed by atoms with Crippen molar-refractivity contribution in [3.63, 3.8) is 0 Å². The molecule has 27 heavy (non-hydrogen) atoms. The first kappa shape index (κ1) is 18.0. The second kappa shape index (κ2) is 7.61. The second-order valence-electron chi connectivity index (χ2n) is 5.85. The maximum absolute atomic E-state index is 12.1. The average molecular weight is 361 g/mol. The lowest BCUT2D eigenvalue weighted by molar-refractivity contribution is -0.384. The number of carbonyl (C=O) groups is 2. The van der Waals surface area contributed by atoms with E-state index < -0.39 is 10.9 Å². The molecule has 0 amide bonds. The molecule has 6 heteroatoms. The van der Waals surface area contributed by atoms with E-state index in [1.807, 2.05) is 12.1 Å². The molecule has 0 saturated heterocycles. The maximum atomic E-state index is 12.1. The van der Waals surface area contributed by atoms with Gasteiger partial charge in [0.15, 0.2) is 5.78 Å². The van der Waals surface area contributed by atoms with Crippen LogP contribution in [0, 0.1) is 10.1 Å². The Balaban J connectivity index is 1.70. The van der Waals surface area contributed by atoms with Gasteiger partial charge >= 0.3 is 5.97 Å². The van der Waals surface area contributed by atoms with E-state index in [1.54, 1.807) is 36.4 Å². The number of nitrogens with zero attached hydrogens (tertiary/aromatic N) is 1. The Morgan fingerprint density at radius 3 is 1.74 bits per heavy atom. The van der Waals surface area contributed by atoms with Crippen molar-refractivity contribution in [3.8, 4) is 16.9 Å². The molecule has 0 atom stereocenters. The summed E-state index contributed by atoms with van der Waals surface area (Å²) in [5.41, 5.74) is 2.64. The molecule has 0 radical (unpaired) electrons. The summed E-state index contributed by atoms with van der Waals surface area (Å²) in [7, 11) is 0. The molecule has 0 aliphatic heterocycles. The van der Waals surface area contributed by atoms with Gasteiger partial charge in [0.25, 0.3) is 5.69 Å². The quantitative estimate of drug-likeness (QED) is 0.216. The minimum absolute atomic E-state index is 0.00931. The summed E-state index contributed by atoms with van der Waals surface area (Å²) < 4.78 is 5.29. The Bertz CT molecular complexity index is 990. The van der Waals surface area contributed by atoms with Crippen LogP contribution in [-0.2, 0) is 0 Å². The largest absolute Gasteiger partial charge is 0.423 e. The van der Waals surface area contributed by atoms with Crippen LogP contribution < -0.4 is 4.74 Å². The molecule has 6 nitrogen and oxygen atoms in total. The highest BCUT2D eigenvalue weighted by Gasteiger charge is 2.11. The molecule has 0 fully saturated rings. The number of ether oxygens (including phenoxy) is 1. The number of carbonyl (C=O) groups excluding carboxylic acids is 2. The van der Waals surface area contributed by atoms with Gasteiger partial charge in [-0.2, -0.15) is 0 Å². The third-order valence-corrected chi connectivity index (χ3v) is 4.00. The molecule has 0 unspecified atom stereocenters. The standard InChI is InChI=1S/C21H15NO5/c1-14(23)15-2-4-16(5-3-15)17-8-12-20(13-9-17)27-21(24)18-6-10-19(11-7-18)22(25)26/h2-13H,1H3. The fourth-order valence-electron chi connectivity index (χ4n) is 2.50. The normalized spacial score (nSPS) is 10.3. The smallest absolute Gasteiger partial charge is 0.343 e. The van der Waals surface area contributed by atoms with Crippen molar-refractivity contribution in [2.24, 2.45) is 0 Å². The van der Waals surface area contributed by atoms with Crippen molar-refractivity contribution in [1.29, 1.82) is 0 Å². The van der Waals surface area contributed by atoms with Crippen molar-refractivity contribution >= 4 is 17.4 Å². The molecule has 0 aromatic heterocycles. The summed E-state index contributed by atoms with van der Waals surface area (Å²) in [4.78, 5) is 33.6. The number of Topliss-reactive ketones (excluding diaryl/α,β-unsaturated/α-hetero) is 1. The molecule has 134 valence electrons. The molecule has 3 rings (SSSR count). The first-order valence-electron chi connectivity index (χ1n) is 8.12. The summed E-state index contributed by atoms with van der Waals surface area (Å²) in [5.74, 6) is -0.221. The van der Waals surface area contributed by atoms with Crippen LogP contribution in [0.5, 0.6) is 5.75 Å². The number of ketones is 1. The van der Waals surface area contributed by atoms with Gasteiger partial charge in [0, 0.05) is 17.7 Å². The molecule has 0 bridgehead atoms. The fraction of sp³-hybridized carbons (Fsp3) is 0.0476. The first-order chi connectivity index (χ1) is 12.9. The summed E-state index contributed by atoms with van der Waals surface area (Å²) >= 11 is 0. The molecular weight excluding hydrogens is 346 g/mol. The van der Waals surface area contributed by atoms with E-state index in [2.05, 4.69) is 0 Å². The monoisotopic (exact) mass is 361 g/mol. The Hall–Kier alpha value is -3.80. The van der Waals surface area contributed by atoms with Crippen LogP contribution in [0.4, 0.5) is 5.69 Å². The molecule has 3 aromatic rings. The minimum atomic E-state index is -0.594. The van der Waals surface area contributed by atoms with E-state index in [-0.39, 0.29) is 17.0 Å². The number of nitro benzene ring substituents is 1. The van der Waals surface area contributed by atoms with E-state index in [0.717, 1.165) is 11.1 Å². The van der Waals surface area contributed by atoms with E-state index in [9.17, 15) is 19.7 Å². The molecule has 0 aliphatic rings. The lowest BCUT2D eigenvalue weighted by Crippen LogP contribution is -2.08. The summed E-state index contributed by atoms with van der Waals surface area (Å²) in [6, 6.07) is 19.4. The van der Waals surface area contributed by atoms with Crippen LogP contribution in [0.1, 0.15) is 27.6 Å². The van der Waals surface area contributed by atoms with Gasteiger partial charge in [0.05, 0.1) is 10.5 Å². The Kier molecular flexibility index (Phi) is 5.08. The molecule has 3 aromatic carbocycles. The van der Waals surface area contributed by atoms with E-state index in [4.69, 9.17) is 4.74 Å². The topological polar surface area (TPSA) is 86.5 Å². The van der Waals surface area contributed by atoms with Crippen LogP contribution in [0.15, 0.2) is 72.8 Å². The Labute approximate surface area is 155 Å². The molecule has 0 spiro atoms. The molecule has 0 aliphatic carbocycles. The molecule has 0 heterocycles. The predicted octanol–water partition coefficient (Wildman–Crippen LogP) is 4.68. The van der Waals surface area contributed by atoms with Crippen LogP contribution in [-0.4, -0.2) is 16.7 Å². The fourth-order valence-corrected chi connectivity index (χ4v) is 2.50. The highest BCUT2D eigenvalue weighted by molar-refractivity contribution is 5.94. The van der Waals surface area contributed by atoms with Gasteiger partial charge in [-0.3, -0.25) is 14.9 Å². The van der Waals surface area contributed by atoms with Crippen molar-refractivity contribution in [2.75, 3.05) is 0 Å². The number of nitro groups is 1. The SMILES string of the molecule is CC(=O)c1ccc(-c2ccc(OC(=O)c3ccc([N+](=O)[O-])cc3)cc2)cc1. The number of hydrogen-bond acceptors (Lipinski definition) is 5. The lowest BCUT2D eigenvalue weighted by atomic mass is 10.0. The number of benzene rings is 3. The molecule has 0 N–H and O–H groups in total. The van der Waals surface area contributed by atoms with E-state index in [0.29, 0.717) is 11.3 Å². The van der Waals surface area contributed by atoms with Crippen LogP contribution >= 0.6 is 0 Å². The zero-order valence-corrected chi connectivity index (χ0v) is 14.4. The maximum Gasteiger partial charge on any atom is 0.343 e. The van der Waals surface area contributed by atoms with Gasteiger partial charge in [0.2, 0.25) is 0 Å². The second-order valence-corrected chi connectivity index (χ2v) is 5.85. The highest BCUT2D eigenvalue weighted by Crippen LogP contribution is 2.23. The van der Waals surface area contributed by atoms with E-state index in [1.165, 1.54) is 31.2 Å². The summed E-state index contributed by atoms with van der Waals surface area (Å²) in [5, 5.41) is 10.6.